The summed E-state index contributed by atoms with van der Waals surface area (Å²) in [4.78, 5) is 33.0. The zero-order valence-corrected chi connectivity index (χ0v) is 19.4. The first kappa shape index (κ1) is 23.6. The second-order valence-corrected chi connectivity index (χ2v) is 8.80. The van der Waals surface area contributed by atoms with Crippen LogP contribution in [0, 0.1) is 11.3 Å². The van der Waals surface area contributed by atoms with E-state index >= 15 is 0 Å². The van der Waals surface area contributed by atoms with Crippen LogP contribution in [0.15, 0.2) is 35.5 Å². The average Bonchev–Trinajstić information content (AvgIpc) is 3.22. The molecule has 4 heterocycles. The molecule has 184 valence electrons. The van der Waals surface area contributed by atoms with Crippen molar-refractivity contribution in [2.45, 2.75) is 57.2 Å². The first-order valence-corrected chi connectivity index (χ1v) is 11.5. The SMILES string of the molecule is CCc1cnc([C@@H]2CC[C@H]2c2nc3c(c(C#N)nn3[C@H](C)c3ccc(C(F)(F)F)nc3)c(=O)[nH]2)nc1. The van der Waals surface area contributed by atoms with Gasteiger partial charge < -0.3 is 4.98 Å². The van der Waals surface area contributed by atoms with Gasteiger partial charge in [-0.1, -0.05) is 13.0 Å². The highest BCUT2D eigenvalue weighted by atomic mass is 19.4. The minimum atomic E-state index is -4.56. The number of halogens is 3. The fraction of sp³-hybridized carbons (Fsp3) is 0.375. The van der Waals surface area contributed by atoms with E-state index in [-0.39, 0.29) is 28.6 Å². The molecular formula is C24H21F3N8O. The van der Waals surface area contributed by atoms with Gasteiger partial charge in [0.1, 0.15) is 28.8 Å². The van der Waals surface area contributed by atoms with Crippen LogP contribution < -0.4 is 5.56 Å². The Morgan fingerprint density at radius 1 is 1.17 bits per heavy atom. The normalized spacial score (nSPS) is 18.6. The summed E-state index contributed by atoms with van der Waals surface area (Å²) in [7, 11) is 0. The van der Waals surface area contributed by atoms with Gasteiger partial charge >= 0.3 is 6.18 Å². The number of hydrogen-bond acceptors (Lipinski definition) is 7. The van der Waals surface area contributed by atoms with Crippen molar-refractivity contribution in [2.75, 3.05) is 0 Å². The number of hydrogen-bond donors (Lipinski definition) is 1. The van der Waals surface area contributed by atoms with Crippen molar-refractivity contribution < 1.29 is 13.2 Å². The Balaban J connectivity index is 1.54. The summed E-state index contributed by atoms with van der Waals surface area (Å²) >= 11 is 0. The van der Waals surface area contributed by atoms with Gasteiger partial charge in [0.25, 0.3) is 5.56 Å². The molecule has 1 fully saturated rings. The molecule has 4 aromatic rings. The Labute approximate surface area is 203 Å². The number of alkyl halides is 3. The number of rotatable bonds is 5. The number of nitrogens with one attached hydrogen (secondary N) is 1. The maximum Gasteiger partial charge on any atom is 0.433 e. The molecule has 1 aliphatic carbocycles. The highest BCUT2D eigenvalue weighted by Gasteiger charge is 2.38. The van der Waals surface area contributed by atoms with Crippen molar-refractivity contribution >= 4 is 11.0 Å². The van der Waals surface area contributed by atoms with Gasteiger partial charge in [-0.05, 0) is 43.4 Å². The Morgan fingerprint density at radius 3 is 2.44 bits per heavy atom. The predicted molar refractivity (Wildman–Crippen MR) is 122 cm³/mol. The van der Waals surface area contributed by atoms with Gasteiger partial charge in [0, 0.05) is 30.4 Å². The largest absolute Gasteiger partial charge is 0.433 e. The maximum absolute atomic E-state index is 13.0. The van der Waals surface area contributed by atoms with E-state index in [0.717, 1.165) is 37.1 Å². The van der Waals surface area contributed by atoms with Crippen LogP contribution in [-0.2, 0) is 12.6 Å². The van der Waals surface area contributed by atoms with Gasteiger partial charge in [-0.2, -0.15) is 23.5 Å². The molecule has 0 unspecified atom stereocenters. The average molecular weight is 494 g/mol. The number of pyridine rings is 1. The van der Waals surface area contributed by atoms with Crippen molar-refractivity contribution in [2.24, 2.45) is 0 Å². The Morgan fingerprint density at radius 2 is 1.89 bits per heavy atom. The molecule has 0 amide bonds. The second kappa shape index (κ2) is 8.82. The van der Waals surface area contributed by atoms with Crippen molar-refractivity contribution in [1.82, 2.24) is 34.7 Å². The molecule has 0 bridgehead atoms. The lowest BCUT2D eigenvalue weighted by Gasteiger charge is -2.34. The zero-order chi connectivity index (χ0) is 25.6. The molecule has 9 nitrogen and oxygen atoms in total. The van der Waals surface area contributed by atoms with E-state index in [1.54, 1.807) is 19.3 Å². The molecule has 36 heavy (non-hydrogen) atoms. The Kier molecular flexibility index (Phi) is 5.78. The van der Waals surface area contributed by atoms with Crippen molar-refractivity contribution in [3.8, 4) is 6.07 Å². The van der Waals surface area contributed by atoms with Crippen LogP contribution in [0.3, 0.4) is 0 Å². The second-order valence-electron chi connectivity index (χ2n) is 8.80. The summed E-state index contributed by atoms with van der Waals surface area (Å²) in [6, 6.07) is 3.47. The van der Waals surface area contributed by atoms with Gasteiger partial charge in [0.05, 0.1) is 6.04 Å². The standard InChI is InChI=1S/C24H21F3N8O/c1-3-13-9-30-20(31-10-13)15-5-6-16(15)21-32-22-19(23(36)33-21)17(8-28)34-35(22)12(2)14-4-7-18(29-11-14)24(25,26)27/h4,7,9-12,15-16H,3,5-6H2,1-2H3,(H,32,33,36)/t12-,15-,16-/m1/s1. The number of aromatic amines is 1. The fourth-order valence-corrected chi connectivity index (χ4v) is 4.42. The molecule has 4 aromatic heterocycles. The summed E-state index contributed by atoms with van der Waals surface area (Å²) in [5, 5.41) is 13.9. The third-order valence-electron chi connectivity index (χ3n) is 6.70. The van der Waals surface area contributed by atoms with E-state index in [2.05, 4.69) is 30.0 Å². The van der Waals surface area contributed by atoms with Crippen LogP contribution in [0.1, 0.15) is 78.7 Å². The third kappa shape index (κ3) is 4.00. The maximum atomic E-state index is 13.0. The van der Waals surface area contributed by atoms with Crippen LogP contribution in [-0.4, -0.2) is 34.7 Å². The summed E-state index contributed by atoms with van der Waals surface area (Å²) in [6.45, 7) is 3.71. The van der Waals surface area contributed by atoms with Gasteiger partial charge in [-0.3, -0.25) is 9.78 Å². The van der Waals surface area contributed by atoms with E-state index in [0.29, 0.717) is 17.2 Å². The molecule has 0 saturated heterocycles. The van der Waals surface area contributed by atoms with Crippen LogP contribution in [0.5, 0.6) is 0 Å². The monoisotopic (exact) mass is 494 g/mol. The van der Waals surface area contributed by atoms with E-state index < -0.39 is 23.5 Å². The van der Waals surface area contributed by atoms with Gasteiger partial charge in [-0.25, -0.2) is 19.6 Å². The molecule has 1 saturated carbocycles. The minimum Gasteiger partial charge on any atom is -0.310 e. The topological polar surface area (TPSA) is 126 Å². The molecule has 12 heteroatoms. The van der Waals surface area contributed by atoms with Crippen LogP contribution in [0.2, 0.25) is 0 Å². The zero-order valence-electron chi connectivity index (χ0n) is 19.4. The summed E-state index contributed by atoms with van der Waals surface area (Å²) in [5.41, 5.74) is 0.0203. The van der Waals surface area contributed by atoms with E-state index in [1.807, 2.05) is 13.0 Å². The lowest BCUT2D eigenvalue weighted by molar-refractivity contribution is -0.141. The van der Waals surface area contributed by atoms with Crippen molar-refractivity contribution in [3.63, 3.8) is 0 Å². The third-order valence-corrected chi connectivity index (χ3v) is 6.70. The van der Waals surface area contributed by atoms with Crippen LogP contribution >= 0.6 is 0 Å². The lowest BCUT2D eigenvalue weighted by atomic mass is 9.72. The quantitative estimate of drug-likeness (QED) is 0.444. The first-order valence-electron chi connectivity index (χ1n) is 11.5. The smallest absolute Gasteiger partial charge is 0.310 e. The lowest BCUT2D eigenvalue weighted by Crippen LogP contribution is -2.28. The van der Waals surface area contributed by atoms with Gasteiger partial charge in [0.15, 0.2) is 11.3 Å². The summed E-state index contributed by atoms with van der Waals surface area (Å²) < 4.78 is 40.2. The molecule has 0 aromatic carbocycles. The number of H-pyrrole nitrogens is 1. The van der Waals surface area contributed by atoms with Crippen LogP contribution in [0.4, 0.5) is 13.2 Å². The van der Waals surface area contributed by atoms with Gasteiger partial charge in [0.2, 0.25) is 0 Å². The molecule has 3 atom stereocenters. The van der Waals surface area contributed by atoms with Crippen molar-refractivity contribution in [1.29, 1.82) is 5.26 Å². The molecule has 0 aliphatic heterocycles. The summed E-state index contributed by atoms with van der Waals surface area (Å²) in [5.74, 6) is 0.989. The number of nitrogens with zero attached hydrogens (tertiary/aromatic N) is 7. The minimum absolute atomic E-state index is 0.0140. The number of fused-ring (bicyclic) bond motifs is 1. The summed E-state index contributed by atoms with van der Waals surface area (Å²) in [6.07, 6.45) is 2.59. The predicted octanol–water partition coefficient (Wildman–Crippen LogP) is 4.03. The number of aryl methyl sites for hydroxylation is 1. The first-order chi connectivity index (χ1) is 17.2. The Bertz CT molecular complexity index is 1520. The molecule has 1 N–H and O–H groups in total. The Hall–Kier alpha value is -4.14. The number of nitriles is 1. The number of aromatic nitrogens is 7. The van der Waals surface area contributed by atoms with Crippen LogP contribution in [0.25, 0.3) is 11.0 Å². The molecule has 0 radical (unpaired) electrons. The van der Waals surface area contributed by atoms with Crippen molar-refractivity contribution in [3.05, 3.63) is 75.2 Å². The molecular weight excluding hydrogens is 473 g/mol. The van der Waals surface area contributed by atoms with E-state index in [9.17, 15) is 23.2 Å². The fourth-order valence-electron chi connectivity index (χ4n) is 4.42. The van der Waals surface area contributed by atoms with E-state index in [1.165, 1.54) is 10.7 Å². The van der Waals surface area contributed by atoms with Gasteiger partial charge in [-0.15, -0.1) is 0 Å². The molecule has 5 rings (SSSR count). The van der Waals surface area contributed by atoms with E-state index in [4.69, 9.17) is 0 Å². The molecule has 1 aliphatic rings. The highest BCUT2D eigenvalue weighted by molar-refractivity contribution is 5.80. The molecule has 0 spiro atoms. The highest BCUT2D eigenvalue weighted by Crippen LogP contribution is 2.46.